The summed E-state index contributed by atoms with van der Waals surface area (Å²) >= 11 is 0. The Morgan fingerprint density at radius 3 is 3.19 bits per heavy atom. The topological polar surface area (TPSA) is 59.0 Å². The number of aromatic nitrogens is 2. The highest BCUT2D eigenvalue weighted by Gasteiger charge is 2.23. The van der Waals surface area contributed by atoms with Crippen LogP contribution in [0.2, 0.25) is 0 Å². The van der Waals surface area contributed by atoms with Gasteiger partial charge in [0.15, 0.2) is 0 Å². The van der Waals surface area contributed by atoms with Crippen molar-refractivity contribution >= 4 is 11.6 Å². The van der Waals surface area contributed by atoms with Crippen molar-refractivity contribution in [2.45, 2.75) is 25.4 Å². The van der Waals surface area contributed by atoms with Gasteiger partial charge in [0.05, 0.1) is 17.9 Å². The number of benzene rings is 1. The zero-order valence-electron chi connectivity index (χ0n) is 11.8. The minimum atomic E-state index is -0.187. The van der Waals surface area contributed by atoms with Gasteiger partial charge in [-0.3, -0.25) is 9.48 Å². The number of carbonyl (C=O) groups is 1. The third-order valence-corrected chi connectivity index (χ3v) is 3.74. The number of likely N-dealkylation sites (N-methyl/N-ethyl adjacent to an activating group) is 1. The molecule has 1 amide bonds. The van der Waals surface area contributed by atoms with Crippen LogP contribution in [-0.2, 0) is 17.8 Å². The van der Waals surface area contributed by atoms with E-state index < -0.39 is 0 Å². The lowest BCUT2D eigenvalue weighted by molar-refractivity contribution is -0.121. The number of fused-ring (bicyclic) bond motifs is 1. The molecule has 1 unspecified atom stereocenters. The summed E-state index contributed by atoms with van der Waals surface area (Å²) in [5, 5.41) is 10.1. The summed E-state index contributed by atoms with van der Waals surface area (Å²) in [5.41, 5.74) is 3.06. The van der Waals surface area contributed by atoms with Gasteiger partial charge in [-0.1, -0.05) is 6.07 Å². The average Bonchev–Trinajstić information content (AvgIpc) is 3.06. The Morgan fingerprint density at radius 1 is 1.52 bits per heavy atom. The fourth-order valence-electron chi connectivity index (χ4n) is 2.69. The van der Waals surface area contributed by atoms with E-state index >= 15 is 0 Å². The monoisotopic (exact) mass is 288 g/mol. The number of halogens is 1. The summed E-state index contributed by atoms with van der Waals surface area (Å²) < 4.78 is 14.8. The average molecular weight is 288 g/mol. The third kappa shape index (κ3) is 2.89. The fourth-order valence-corrected chi connectivity index (χ4v) is 2.69. The Hall–Kier alpha value is -2.37. The zero-order valence-corrected chi connectivity index (χ0v) is 11.8. The molecule has 0 fully saturated rings. The van der Waals surface area contributed by atoms with Crippen LogP contribution in [0.15, 0.2) is 30.6 Å². The Balaban J connectivity index is 1.70. The Labute approximate surface area is 122 Å². The van der Waals surface area contributed by atoms with Crippen molar-refractivity contribution in [1.82, 2.24) is 15.1 Å². The van der Waals surface area contributed by atoms with Crippen molar-refractivity contribution < 1.29 is 9.18 Å². The first-order valence-electron chi connectivity index (χ1n) is 6.93. The van der Waals surface area contributed by atoms with Gasteiger partial charge in [0.25, 0.3) is 0 Å². The molecule has 5 nitrogen and oxygen atoms in total. The molecule has 1 aliphatic carbocycles. The molecule has 0 radical (unpaired) electrons. The summed E-state index contributed by atoms with van der Waals surface area (Å²) in [6.45, 7) is 0.199. The van der Waals surface area contributed by atoms with Crippen molar-refractivity contribution in [3.63, 3.8) is 0 Å². The smallest absolute Gasteiger partial charge is 0.241 e. The van der Waals surface area contributed by atoms with Gasteiger partial charge < -0.3 is 10.6 Å². The van der Waals surface area contributed by atoms with E-state index in [1.165, 1.54) is 6.07 Å². The highest BCUT2D eigenvalue weighted by atomic mass is 19.1. The van der Waals surface area contributed by atoms with Gasteiger partial charge in [0.1, 0.15) is 12.4 Å². The lowest BCUT2D eigenvalue weighted by atomic mass is 10.1. The Morgan fingerprint density at radius 2 is 2.38 bits per heavy atom. The second-order valence-electron chi connectivity index (χ2n) is 5.18. The molecule has 0 bridgehead atoms. The first-order valence-corrected chi connectivity index (χ1v) is 6.93. The van der Waals surface area contributed by atoms with E-state index in [1.807, 2.05) is 6.07 Å². The molecule has 1 heterocycles. The van der Waals surface area contributed by atoms with Gasteiger partial charge in [0.2, 0.25) is 5.91 Å². The minimum absolute atomic E-state index is 0.0914. The quantitative estimate of drug-likeness (QED) is 0.903. The van der Waals surface area contributed by atoms with Gasteiger partial charge in [0, 0.05) is 13.2 Å². The molecule has 1 aromatic carbocycles. The van der Waals surface area contributed by atoms with Crippen LogP contribution in [0, 0.1) is 5.82 Å². The summed E-state index contributed by atoms with van der Waals surface area (Å²) in [6, 6.07) is 5.10. The zero-order chi connectivity index (χ0) is 14.8. The molecule has 1 atom stereocenters. The number of hydrogen-bond donors (Lipinski definition) is 2. The van der Waals surface area contributed by atoms with Crippen LogP contribution in [0.4, 0.5) is 10.1 Å². The van der Waals surface area contributed by atoms with E-state index in [0.717, 1.165) is 29.7 Å². The number of rotatable bonds is 4. The third-order valence-electron chi connectivity index (χ3n) is 3.74. The van der Waals surface area contributed by atoms with Crippen LogP contribution in [0.5, 0.6) is 0 Å². The van der Waals surface area contributed by atoms with Gasteiger partial charge >= 0.3 is 0 Å². The lowest BCUT2D eigenvalue weighted by Gasteiger charge is -2.13. The van der Waals surface area contributed by atoms with E-state index in [9.17, 15) is 9.18 Å². The number of amides is 1. The molecular weight excluding hydrogens is 271 g/mol. The largest absolute Gasteiger partial charge is 0.376 e. The van der Waals surface area contributed by atoms with E-state index in [4.69, 9.17) is 0 Å². The maximum atomic E-state index is 13.2. The molecule has 0 aliphatic heterocycles. The van der Waals surface area contributed by atoms with E-state index in [-0.39, 0.29) is 24.3 Å². The van der Waals surface area contributed by atoms with Crippen molar-refractivity contribution in [3.05, 3.63) is 47.5 Å². The highest BCUT2D eigenvalue weighted by molar-refractivity contribution is 5.75. The van der Waals surface area contributed by atoms with Crippen LogP contribution in [0.1, 0.15) is 23.6 Å². The van der Waals surface area contributed by atoms with Gasteiger partial charge in [-0.05, 0) is 36.1 Å². The number of nitrogens with zero attached hydrogens (tertiary/aromatic N) is 2. The van der Waals surface area contributed by atoms with Crippen LogP contribution in [-0.4, -0.2) is 22.7 Å². The van der Waals surface area contributed by atoms with Crippen molar-refractivity contribution in [2.24, 2.45) is 0 Å². The fraction of sp³-hybridized carbons (Fsp3) is 0.333. The molecule has 2 N–H and O–H groups in total. The normalized spacial score (nSPS) is 16.6. The number of carbonyl (C=O) groups excluding carboxylic acids is 1. The SMILES string of the molecule is CNC(=O)Cn1cc(NC2CCc3cc(F)ccc32)cn1. The standard InChI is InChI=1S/C15H17FN4O/c1-17-15(21)9-20-8-12(7-18-20)19-14-5-2-10-6-11(16)3-4-13(10)14/h3-4,6-8,14,19H,2,5,9H2,1H3,(H,17,21). The number of anilines is 1. The van der Waals surface area contributed by atoms with Crippen LogP contribution >= 0.6 is 0 Å². The minimum Gasteiger partial charge on any atom is -0.376 e. The predicted molar refractivity (Wildman–Crippen MR) is 77.4 cm³/mol. The van der Waals surface area contributed by atoms with Crippen molar-refractivity contribution in [2.75, 3.05) is 12.4 Å². The number of nitrogens with one attached hydrogen (secondary N) is 2. The van der Waals surface area contributed by atoms with Crippen molar-refractivity contribution in [1.29, 1.82) is 0 Å². The molecular formula is C15H17FN4O. The molecule has 21 heavy (non-hydrogen) atoms. The summed E-state index contributed by atoms with van der Waals surface area (Å²) in [5.74, 6) is -0.279. The second-order valence-corrected chi connectivity index (χ2v) is 5.18. The molecule has 0 spiro atoms. The molecule has 110 valence electrons. The van der Waals surface area contributed by atoms with Crippen LogP contribution in [0.25, 0.3) is 0 Å². The highest BCUT2D eigenvalue weighted by Crippen LogP contribution is 2.34. The Kier molecular flexibility index (Phi) is 3.60. The molecule has 0 saturated carbocycles. The first-order chi connectivity index (χ1) is 10.2. The van der Waals surface area contributed by atoms with E-state index in [0.29, 0.717) is 0 Å². The molecule has 6 heteroatoms. The maximum absolute atomic E-state index is 13.2. The van der Waals surface area contributed by atoms with E-state index in [2.05, 4.69) is 15.7 Å². The van der Waals surface area contributed by atoms with Crippen molar-refractivity contribution in [3.8, 4) is 0 Å². The molecule has 1 aliphatic rings. The molecule has 2 aromatic rings. The predicted octanol–water partition coefficient (Wildman–Crippen LogP) is 1.87. The molecule has 1 aromatic heterocycles. The summed E-state index contributed by atoms with van der Waals surface area (Å²) in [7, 11) is 1.60. The number of hydrogen-bond acceptors (Lipinski definition) is 3. The summed E-state index contributed by atoms with van der Waals surface area (Å²) in [6.07, 6.45) is 5.30. The lowest BCUT2D eigenvalue weighted by Crippen LogP contribution is -2.23. The molecule has 3 rings (SSSR count). The first kappa shape index (κ1) is 13.6. The Bertz CT molecular complexity index is 667. The van der Waals surface area contributed by atoms with Gasteiger partial charge in [-0.25, -0.2) is 4.39 Å². The van der Waals surface area contributed by atoms with Gasteiger partial charge in [-0.2, -0.15) is 5.10 Å². The second kappa shape index (κ2) is 5.55. The van der Waals surface area contributed by atoms with Gasteiger partial charge in [-0.15, -0.1) is 0 Å². The number of aryl methyl sites for hydroxylation is 1. The molecule has 0 saturated heterocycles. The summed E-state index contributed by atoms with van der Waals surface area (Å²) in [4.78, 5) is 11.3. The van der Waals surface area contributed by atoms with Crippen LogP contribution in [0.3, 0.4) is 0 Å². The van der Waals surface area contributed by atoms with Crippen LogP contribution < -0.4 is 10.6 Å². The van der Waals surface area contributed by atoms with E-state index in [1.54, 1.807) is 30.2 Å². The maximum Gasteiger partial charge on any atom is 0.241 e.